The summed E-state index contributed by atoms with van der Waals surface area (Å²) >= 11 is 5.26. The Hall–Kier alpha value is -0.0900. The van der Waals surface area contributed by atoms with Gasteiger partial charge in [0.2, 0.25) is 0 Å². The van der Waals surface area contributed by atoms with Gasteiger partial charge < -0.3 is 0 Å². The molecule has 0 saturated carbocycles. The van der Waals surface area contributed by atoms with Crippen molar-refractivity contribution >= 4 is 27.7 Å². The second kappa shape index (κ2) is 7.28. The number of rotatable bonds is 6. The molecule has 0 aliphatic rings. The molecule has 4 heteroatoms. The first-order chi connectivity index (χ1) is 7.61. The van der Waals surface area contributed by atoms with E-state index in [1.807, 2.05) is 17.8 Å². The highest BCUT2D eigenvalue weighted by molar-refractivity contribution is 9.10. The molecule has 0 unspecified atom stereocenters. The highest BCUT2D eigenvalue weighted by Crippen LogP contribution is 2.21. The molecule has 0 saturated heterocycles. The smallest absolute Gasteiger partial charge is 0.130 e. The van der Waals surface area contributed by atoms with Gasteiger partial charge in [-0.2, -0.15) is 0 Å². The van der Waals surface area contributed by atoms with Crippen LogP contribution in [0.1, 0.15) is 39.4 Å². The van der Waals surface area contributed by atoms with Gasteiger partial charge in [0.15, 0.2) is 0 Å². The van der Waals surface area contributed by atoms with Gasteiger partial charge in [0.05, 0.1) is 0 Å². The van der Waals surface area contributed by atoms with Gasteiger partial charge in [-0.15, -0.1) is 11.8 Å². The van der Waals surface area contributed by atoms with Crippen molar-refractivity contribution in [1.29, 1.82) is 0 Å². The van der Waals surface area contributed by atoms with Crippen molar-refractivity contribution < 1.29 is 0 Å². The van der Waals surface area contributed by atoms with Gasteiger partial charge in [-0.25, -0.2) is 9.97 Å². The van der Waals surface area contributed by atoms with Crippen molar-refractivity contribution in [2.45, 2.75) is 45.1 Å². The van der Waals surface area contributed by atoms with Gasteiger partial charge in [-0.3, -0.25) is 0 Å². The molecule has 0 bridgehead atoms. The molecule has 0 amide bonds. The molecule has 0 N–H and O–H groups in total. The molecule has 0 aliphatic heterocycles. The molecule has 0 aromatic carbocycles. The van der Waals surface area contributed by atoms with Crippen LogP contribution in [0.3, 0.4) is 0 Å². The zero-order valence-electron chi connectivity index (χ0n) is 10.2. The molecule has 0 radical (unpaired) electrons. The minimum absolute atomic E-state index is 0.757. The van der Waals surface area contributed by atoms with Crippen LogP contribution in [-0.2, 0) is 6.42 Å². The van der Waals surface area contributed by atoms with Gasteiger partial charge in [-0.1, -0.05) is 20.8 Å². The predicted molar refractivity (Wildman–Crippen MR) is 73.9 cm³/mol. The molecule has 1 heterocycles. The van der Waals surface area contributed by atoms with E-state index in [-0.39, 0.29) is 0 Å². The van der Waals surface area contributed by atoms with Crippen molar-refractivity contribution in [3.8, 4) is 0 Å². The van der Waals surface area contributed by atoms with E-state index in [1.54, 1.807) is 0 Å². The zero-order valence-corrected chi connectivity index (χ0v) is 12.6. The number of aromatic nitrogens is 2. The summed E-state index contributed by atoms with van der Waals surface area (Å²) in [5, 5.41) is 1.09. The fraction of sp³-hybridized carbons (Fsp3) is 0.667. The van der Waals surface area contributed by atoms with Crippen LogP contribution in [0, 0.1) is 5.92 Å². The van der Waals surface area contributed by atoms with E-state index in [2.05, 4.69) is 46.7 Å². The van der Waals surface area contributed by atoms with Crippen LogP contribution in [0.5, 0.6) is 0 Å². The Bertz CT molecular complexity index is 329. The normalized spacial score (nSPS) is 11.1. The molecule has 0 fully saturated rings. The minimum atomic E-state index is 0.757. The van der Waals surface area contributed by atoms with E-state index in [0.717, 1.165) is 40.0 Å². The SMILES string of the molecule is CCCc1nc(Br)cc(SCCC(C)C)n1. The third-order valence-electron chi connectivity index (χ3n) is 2.14. The molecule has 0 spiro atoms. The average Bonchev–Trinajstić information content (AvgIpc) is 2.16. The Labute approximate surface area is 111 Å². The summed E-state index contributed by atoms with van der Waals surface area (Å²) in [6.45, 7) is 6.65. The average molecular weight is 303 g/mol. The van der Waals surface area contributed by atoms with Gasteiger partial charge >= 0.3 is 0 Å². The van der Waals surface area contributed by atoms with Crippen LogP contribution < -0.4 is 0 Å². The van der Waals surface area contributed by atoms with Crippen molar-refractivity contribution in [3.63, 3.8) is 0 Å². The van der Waals surface area contributed by atoms with E-state index in [1.165, 1.54) is 6.42 Å². The van der Waals surface area contributed by atoms with E-state index < -0.39 is 0 Å². The summed E-state index contributed by atoms with van der Waals surface area (Å²) in [6.07, 6.45) is 3.28. The maximum absolute atomic E-state index is 4.54. The Kier molecular flexibility index (Phi) is 6.36. The zero-order chi connectivity index (χ0) is 12.0. The van der Waals surface area contributed by atoms with E-state index >= 15 is 0 Å². The lowest BCUT2D eigenvalue weighted by Crippen LogP contribution is -1.97. The Morgan fingerprint density at radius 1 is 1.38 bits per heavy atom. The van der Waals surface area contributed by atoms with E-state index in [9.17, 15) is 0 Å². The summed E-state index contributed by atoms with van der Waals surface area (Å²) in [7, 11) is 0. The lowest BCUT2D eigenvalue weighted by molar-refractivity contribution is 0.631. The van der Waals surface area contributed by atoms with E-state index in [4.69, 9.17) is 0 Å². The molecular weight excluding hydrogens is 284 g/mol. The molecule has 2 nitrogen and oxygen atoms in total. The number of halogens is 1. The molecule has 1 aromatic heterocycles. The van der Waals surface area contributed by atoms with Crippen molar-refractivity contribution in [3.05, 3.63) is 16.5 Å². The fourth-order valence-electron chi connectivity index (χ4n) is 1.25. The second-order valence-electron chi connectivity index (χ2n) is 4.23. The van der Waals surface area contributed by atoms with Crippen molar-refractivity contribution in [1.82, 2.24) is 9.97 Å². The van der Waals surface area contributed by atoms with Crippen LogP contribution >= 0.6 is 27.7 Å². The molecule has 16 heavy (non-hydrogen) atoms. The predicted octanol–water partition coefficient (Wildman–Crippen LogP) is 4.33. The first-order valence-corrected chi connectivity index (χ1v) is 7.56. The molecule has 1 rings (SSSR count). The summed E-state index contributed by atoms with van der Waals surface area (Å²) in [6, 6.07) is 2.00. The van der Waals surface area contributed by atoms with Crippen LogP contribution in [0.25, 0.3) is 0 Å². The first kappa shape index (κ1) is 14.0. The van der Waals surface area contributed by atoms with Gasteiger partial charge in [0, 0.05) is 12.5 Å². The molecule has 0 aliphatic carbocycles. The largest absolute Gasteiger partial charge is 0.227 e. The van der Waals surface area contributed by atoms with Gasteiger partial charge in [0.25, 0.3) is 0 Å². The van der Waals surface area contributed by atoms with Crippen LogP contribution in [0.15, 0.2) is 15.7 Å². The molecule has 0 atom stereocenters. The maximum atomic E-state index is 4.54. The number of aryl methyl sites for hydroxylation is 1. The number of nitrogens with zero attached hydrogens (tertiary/aromatic N) is 2. The quantitative estimate of drug-likeness (QED) is 0.578. The molecule has 1 aromatic rings. The Balaban J connectivity index is 2.58. The summed E-state index contributed by atoms with van der Waals surface area (Å²) in [5.74, 6) is 2.84. The van der Waals surface area contributed by atoms with Crippen molar-refractivity contribution in [2.75, 3.05) is 5.75 Å². The molecular formula is C12H19BrN2S. The number of hydrogen-bond acceptors (Lipinski definition) is 3. The first-order valence-electron chi connectivity index (χ1n) is 5.78. The third-order valence-corrected chi connectivity index (χ3v) is 3.49. The fourth-order valence-corrected chi connectivity index (χ4v) is 2.99. The lowest BCUT2D eigenvalue weighted by atomic mass is 10.2. The van der Waals surface area contributed by atoms with Gasteiger partial charge in [-0.05, 0) is 40.4 Å². The number of hydrogen-bond donors (Lipinski definition) is 0. The third kappa shape index (κ3) is 5.30. The highest BCUT2D eigenvalue weighted by Gasteiger charge is 2.03. The maximum Gasteiger partial charge on any atom is 0.130 e. The summed E-state index contributed by atoms with van der Waals surface area (Å²) < 4.78 is 0.901. The topological polar surface area (TPSA) is 25.8 Å². The number of thioether (sulfide) groups is 1. The Morgan fingerprint density at radius 3 is 2.75 bits per heavy atom. The van der Waals surface area contributed by atoms with E-state index in [0.29, 0.717) is 0 Å². The lowest BCUT2D eigenvalue weighted by Gasteiger charge is -2.05. The standard InChI is InChI=1S/C12H19BrN2S/c1-4-5-11-14-10(13)8-12(15-11)16-7-6-9(2)3/h8-9H,4-7H2,1-3H3. The summed E-state index contributed by atoms with van der Waals surface area (Å²) in [5.41, 5.74) is 0. The highest BCUT2D eigenvalue weighted by atomic mass is 79.9. The van der Waals surface area contributed by atoms with Crippen LogP contribution in [0.2, 0.25) is 0 Å². The monoisotopic (exact) mass is 302 g/mol. The van der Waals surface area contributed by atoms with Crippen LogP contribution in [0.4, 0.5) is 0 Å². The van der Waals surface area contributed by atoms with Crippen LogP contribution in [-0.4, -0.2) is 15.7 Å². The summed E-state index contributed by atoms with van der Waals surface area (Å²) in [4.78, 5) is 8.90. The minimum Gasteiger partial charge on any atom is -0.227 e. The van der Waals surface area contributed by atoms with Gasteiger partial charge in [0.1, 0.15) is 15.5 Å². The molecule has 90 valence electrons. The van der Waals surface area contributed by atoms with Crippen molar-refractivity contribution in [2.24, 2.45) is 5.92 Å². The Morgan fingerprint density at radius 2 is 2.12 bits per heavy atom. The second-order valence-corrected chi connectivity index (χ2v) is 6.15.